The first kappa shape index (κ1) is 18.8. The van der Waals surface area contributed by atoms with Crippen LogP contribution >= 0.6 is 15.9 Å². The molecule has 2 saturated heterocycles. The molecule has 2 bridgehead atoms. The maximum atomic E-state index is 13.3. The van der Waals surface area contributed by atoms with Crippen molar-refractivity contribution in [2.45, 2.75) is 31.8 Å². The highest BCUT2D eigenvalue weighted by molar-refractivity contribution is 9.10. The van der Waals surface area contributed by atoms with Gasteiger partial charge >= 0.3 is 11.9 Å². The minimum absolute atomic E-state index is 0.414. The Bertz CT molecular complexity index is 913. The van der Waals surface area contributed by atoms with Gasteiger partial charge in [0, 0.05) is 18.3 Å². The van der Waals surface area contributed by atoms with Crippen LogP contribution in [0.1, 0.15) is 13.8 Å². The van der Waals surface area contributed by atoms with Gasteiger partial charge in [0.25, 0.3) is 6.29 Å². The Kier molecular flexibility index (Phi) is 4.39. The summed E-state index contributed by atoms with van der Waals surface area (Å²) in [6.07, 6.45) is 1.03. The molecular weight excluding hydrogens is 434 g/mol. The number of ether oxygens (including phenoxy) is 3. The Balaban J connectivity index is 1.77. The third-order valence-electron chi connectivity index (χ3n) is 5.09. The summed E-state index contributed by atoms with van der Waals surface area (Å²) in [5, 5.41) is 0. The first-order chi connectivity index (χ1) is 13.3. The molecule has 3 aliphatic rings. The molecule has 0 unspecified atom stereocenters. The number of benzene rings is 1. The molecule has 0 spiro atoms. The average Bonchev–Trinajstić information content (AvgIpc) is 3.26. The van der Waals surface area contributed by atoms with Gasteiger partial charge in [-0.2, -0.15) is 0 Å². The number of hydrogen-bond acceptors (Lipinski definition) is 7. The lowest BCUT2D eigenvalue weighted by molar-refractivity contribution is -0.226. The first-order valence-corrected chi connectivity index (χ1v) is 9.39. The molecule has 1 aromatic carbocycles. The molecule has 0 aromatic heterocycles. The minimum atomic E-state index is -1.55. The fraction of sp³-hybridized carbons (Fsp3) is 0.368. The van der Waals surface area contributed by atoms with E-state index in [1.165, 1.54) is 0 Å². The second-order valence-electron chi connectivity index (χ2n) is 6.81. The number of para-hydroxylation sites is 1. The van der Waals surface area contributed by atoms with Crippen LogP contribution in [0.15, 0.2) is 40.9 Å². The van der Waals surface area contributed by atoms with Crippen molar-refractivity contribution < 1.29 is 33.4 Å². The van der Waals surface area contributed by atoms with E-state index in [0.29, 0.717) is 10.2 Å². The van der Waals surface area contributed by atoms with Crippen LogP contribution in [0.4, 0.5) is 5.69 Å². The van der Waals surface area contributed by atoms with Gasteiger partial charge in [-0.3, -0.25) is 19.2 Å². The number of carbonyl (C=O) groups excluding carboxylic acids is 4. The summed E-state index contributed by atoms with van der Waals surface area (Å²) in [5.74, 6) is -4.10. The SMILES string of the molecule is CC(=O)OC(OC(C)=O)[C@@]12C=C[C@@H](O1)[C@H]1C(=O)N(c3ccccc3Br)C(=O)[C@@H]12. The topological polar surface area (TPSA) is 99.2 Å². The van der Waals surface area contributed by atoms with Gasteiger partial charge in [-0.05, 0) is 34.1 Å². The van der Waals surface area contributed by atoms with Gasteiger partial charge in [0.05, 0.1) is 23.6 Å². The van der Waals surface area contributed by atoms with E-state index in [1.54, 1.807) is 36.4 Å². The third-order valence-corrected chi connectivity index (χ3v) is 5.76. The van der Waals surface area contributed by atoms with Crippen LogP contribution in [-0.4, -0.2) is 41.7 Å². The third kappa shape index (κ3) is 2.61. The van der Waals surface area contributed by atoms with E-state index in [1.807, 2.05) is 0 Å². The molecule has 4 atom stereocenters. The predicted molar refractivity (Wildman–Crippen MR) is 97.7 cm³/mol. The lowest BCUT2D eigenvalue weighted by atomic mass is 9.76. The van der Waals surface area contributed by atoms with Gasteiger partial charge in [-0.25, -0.2) is 4.90 Å². The minimum Gasteiger partial charge on any atom is -0.422 e. The van der Waals surface area contributed by atoms with E-state index in [2.05, 4.69) is 15.9 Å². The highest BCUT2D eigenvalue weighted by Gasteiger charge is 2.72. The Hall–Kier alpha value is -2.52. The van der Waals surface area contributed by atoms with Crippen LogP contribution in [0.3, 0.4) is 0 Å². The van der Waals surface area contributed by atoms with Crippen molar-refractivity contribution in [2.75, 3.05) is 4.90 Å². The Morgan fingerprint density at radius 1 is 1.14 bits per heavy atom. The summed E-state index contributed by atoms with van der Waals surface area (Å²) in [6, 6.07) is 6.87. The molecule has 28 heavy (non-hydrogen) atoms. The summed E-state index contributed by atoms with van der Waals surface area (Å²) in [4.78, 5) is 50.7. The summed E-state index contributed by atoms with van der Waals surface area (Å²) in [6.45, 7) is 2.31. The Labute approximate surface area is 168 Å². The van der Waals surface area contributed by atoms with E-state index in [9.17, 15) is 19.2 Å². The van der Waals surface area contributed by atoms with Crippen molar-refractivity contribution in [1.29, 1.82) is 0 Å². The van der Waals surface area contributed by atoms with E-state index in [0.717, 1.165) is 18.7 Å². The number of anilines is 1. The average molecular weight is 450 g/mol. The number of rotatable bonds is 4. The van der Waals surface area contributed by atoms with E-state index in [-0.39, 0.29) is 0 Å². The molecule has 146 valence electrons. The molecule has 9 heteroatoms. The zero-order chi connectivity index (χ0) is 20.2. The maximum absolute atomic E-state index is 13.3. The molecular formula is C19H16BrNO7. The maximum Gasteiger partial charge on any atom is 0.305 e. The highest BCUT2D eigenvalue weighted by Crippen LogP contribution is 2.55. The van der Waals surface area contributed by atoms with Gasteiger partial charge in [-0.15, -0.1) is 0 Å². The van der Waals surface area contributed by atoms with Crippen LogP contribution in [0.2, 0.25) is 0 Å². The van der Waals surface area contributed by atoms with Gasteiger partial charge < -0.3 is 14.2 Å². The second kappa shape index (κ2) is 6.52. The molecule has 0 N–H and O–H groups in total. The standard InChI is InChI=1S/C19H16BrNO7/c1-9(22)26-18(27-10(2)23)19-8-7-13(28-19)14-15(19)17(25)21(16(14)24)12-6-4-3-5-11(12)20/h3-8,13-15,18H,1-2H3/t13-,14-,15-,19+/m1/s1. The number of carbonyl (C=O) groups is 4. The van der Waals surface area contributed by atoms with Crippen molar-refractivity contribution in [3.05, 3.63) is 40.9 Å². The zero-order valence-corrected chi connectivity index (χ0v) is 16.5. The van der Waals surface area contributed by atoms with Crippen molar-refractivity contribution in [3.63, 3.8) is 0 Å². The number of nitrogens with zero attached hydrogens (tertiary/aromatic N) is 1. The summed E-state index contributed by atoms with van der Waals surface area (Å²) < 4.78 is 16.8. The molecule has 3 heterocycles. The molecule has 0 aliphatic carbocycles. The first-order valence-electron chi connectivity index (χ1n) is 8.60. The normalized spacial score (nSPS) is 30.1. The lowest BCUT2D eigenvalue weighted by Gasteiger charge is -2.34. The molecule has 0 saturated carbocycles. The number of esters is 2. The second-order valence-corrected chi connectivity index (χ2v) is 7.67. The summed E-state index contributed by atoms with van der Waals surface area (Å²) >= 11 is 3.36. The van der Waals surface area contributed by atoms with E-state index in [4.69, 9.17) is 14.2 Å². The van der Waals surface area contributed by atoms with Crippen LogP contribution < -0.4 is 4.90 Å². The van der Waals surface area contributed by atoms with E-state index >= 15 is 0 Å². The number of imide groups is 1. The van der Waals surface area contributed by atoms with Crippen molar-refractivity contribution in [3.8, 4) is 0 Å². The van der Waals surface area contributed by atoms with Crippen LogP contribution in [0, 0.1) is 11.8 Å². The number of hydrogen-bond donors (Lipinski definition) is 0. The predicted octanol–water partition coefficient (Wildman–Crippen LogP) is 1.71. The van der Waals surface area contributed by atoms with Crippen molar-refractivity contribution in [2.24, 2.45) is 11.8 Å². The van der Waals surface area contributed by atoms with Gasteiger partial charge in [0.2, 0.25) is 11.8 Å². The smallest absolute Gasteiger partial charge is 0.305 e. The van der Waals surface area contributed by atoms with Crippen molar-refractivity contribution in [1.82, 2.24) is 0 Å². The van der Waals surface area contributed by atoms with Gasteiger partial charge in [0.1, 0.15) is 0 Å². The number of halogens is 1. The highest BCUT2D eigenvalue weighted by atomic mass is 79.9. The largest absolute Gasteiger partial charge is 0.422 e. The molecule has 2 fully saturated rings. The van der Waals surface area contributed by atoms with Gasteiger partial charge in [-0.1, -0.05) is 18.2 Å². The summed E-state index contributed by atoms with van der Waals surface area (Å²) in [7, 11) is 0. The lowest BCUT2D eigenvalue weighted by Crippen LogP contribution is -2.52. The number of amides is 2. The van der Waals surface area contributed by atoms with E-state index < -0.39 is 53.6 Å². The van der Waals surface area contributed by atoms with Crippen LogP contribution in [0.25, 0.3) is 0 Å². The van der Waals surface area contributed by atoms with Gasteiger partial charge in [0.15, 0.2) is 5.60 Å². The quantitative estimate of drug-likeness (QED) is 0.298. The molecule has 8 nitrogen and oxygen atoms in total. The molecule has 1 aromatic rings. The van der Waals surface area contributed by atoms with Crippen molar-refractivity contribution >= 4 is 45.4 Å². The monoisotopic (exact) mass is 449 g/mol. The summed E-state index contributed by atoms with van der Waals surface area (Å²) in [5.41, 5.74) is -1.13. The molecule has 0 radical (unpaired) electrons. The molecule has 2 amide bonds. The van der Waals surface area contributed by atoms with Crippen LogP contribution in [0.5, 0.6) is 0 Å². The Morgan fingerprint density at radius 3 is 2.39 bits per heavy atom. The fourth-order valence-corrected chi connectivity index (χ4v) is 4.55. The molecule has 3 aliphatic heterocycles. The fourth-order valence-electron chi connectivity index (χ4n) is 4.09. The number of fused-ring (bicyclic) bond motifs is 5. The molecule has 4 rings (SSSR count). The Morgan fingerprint density at radius 2 is 1.79 bits per heavy atom. The van der Waals surface area contributed by atoms with Crippen LogP contribution in [-0.2, 0) is 33.4 Å². The zero-order valence-electron chi connectivity index (χ0n) is 15.0.